The van der Waals surface area contributed by atoms with E-state index in [4.69, 9.17) is 5.26 Å². The Morgan fingerprint density at radius 2 is 2.00 bits per heavy atom. The predicted octanol–water partition coefficient (Wildman–Crippen LogP) is 2.88. The van der Waals surface area contributed by atoms with Crippen LogP contribution in [0.5, 0.6) is 0 Å². The summed E-state index contributed by atoms with van der Waals surface area (Å²) in [4.78, 5) is 0. The zero-order valence-corrected chi connectivity index (χ0v) is 13.9. The largest absolute Gasteiger partial charge is 0.387 e. The number of aliphatic hydroxyl groups is 1. The zero-order chi connectivity index (χ0) is 16.5. The minimum absolute atomic E-state index is 0.0617. The van der Waals surface area contributed by atoms with E-state index < -0.39 is 6.10 Å². The van der Waals surface area contributed by atoms with Gasteiger partial charge in [-0.2, -0.15) is 10.4 Å². The number of hydrogen-bond donors (Lipinski definition) is 3. The highest BCUT2D eigenvalue weighted by atomic mass is 16.3. The molecular formula is C17H24N4O. The first-order valence-electron chi connectivity index (χ1n) is 7.46. The van der Waals surface area contributed by atoms with Crippen LogP contribution in [0.25, 0.3) is 10.9 Å². The van der Waals surface area contributed by atoms with Gasteiger partial charge in [0.2, 0.25) is 0 Å². The summed E-state index contributed by atoms with van der Waals surface area (Å²) < 4.78 is 0. The predicted molar refractivity (Wildman–Crippen MR) is 87.3 cm³/mol. The smallest absolute Gasteiger partial charge is 0.0992 e. The Morgan fingerprint density at radius 1 is 1.32 bits per heavy atom. The van der Waals surface area contributed by atoms with Crippen molar-refractivity contribution in [3.05, 3.63) is 29.5 Å². The van der Waals surface area contributed by atoms with Crippen LogP contribution in [-0.4, -0.2) is 27.4 Å². The van der Waals surface area contributed by atoms with E-state index in [0.29, 0.717) is 12.1 Å². The Hall–Kier alpha value is -1.90. The number of benzene rings is 1. The van der Waals surface area contributed by atoms with E-state index in [1.165, 1.54) is 0 Å². The minimum Gasteiger partial charge on any atom is -0.387 e. The van der Waals surface area contributed by atoms with Crippen molar-refractivity contribution in [2.24, 2.45) is 5.41 Å². The number of nitrogens with one attached hydrogen (secondary N) is 2. The summed E-state index contributed by atoms with van der Waals surface area (Å²) in [6.45, 7) is 11.2. The molecule has 5 heteroatoms. The molecule has 22 heavy (non-hydrogen) atoms. The van der Waals surface area contributed by atoms with Crippen molar-refractivity contribution in [3.63, 3.8) is 0 Å². The Balaban J connectivity index is 2.25. The molecule has 0 bridgehead atoms. The minimum atomic E-state index is -0.699. The van der Waals surface area contributed by atoms with Gasteiger partial charge in [-0.15, -0.1) is 0 Å². The fraction of sp³-hybridized carbons (Fsp3) is 0.529. The lowest BCUT2D eigenvalue weighted by molar-refractivity contribution is 0.123. The van der Waals surface area contributed by atoms with E-state index in [9.17, 15) is 5.11 Å². The maximum Gasteiger partial charge on any atom is 0.0992 e. The molecule has 1 atom stereocenters. The first-order valence-corrected chi connectivity index (χ1v) is 7.46. The molecule has 0 aliphatic rings. The molecule has 1 heterocycles. The molecule has 118 valence electrons. The van der Waals surface area contributed by atoms with E-state index in [2.05, 4.69) is 56.2 Å². The highest BCUT2D eigenvalue weighted by Gasteiger charge is 2.32. The highest BCUT2D eigenvalue weighted by Crippen LogP contribution is 2.30. The Kier molecular flexibility index (Phi) is 4.28. The maximum atomic E-state index is 10.6. The van der Waals surface area contributed by atoms with Crippen molar-refractivity contribution in [1.82, 2.24) is 15.5 Å². The van der Waals surface area contributed by atoms with E-state index in [0.717, 1.165) is 16.5 Å². The average Bonchev–Trinajstić information content (AvgIpc) is 2.90. The number of fused-ring (bicyclic) bond motifs is 1. The quantitative estimate of drug-likeness (QED) is 0.810. The lowest BCUT2D eigenvalue weighted by Gasteiger charge is -2.40. The van der Waals surface area contributed by atoms with Crippen molar-refractivity contribution in [1.29, 1.82) is 5.26 Å². The summed E-state index contributed by atoms with van der Waals surface area (Å²) in [6.07, 6.45) is 0.985. The Morgan fingerprint density at radius 3 is 2.59 bits per heavy atom. The number of H-pyrrole nitrogens is 1. The van der Waals surface area contributed by atoms with Crippen molar-refractivity contribution in [2.45, 2.75) is 46.3 Å². The topological polar surface area (TPSA) is 84.7 Å². The average molecular weight is 300 g/mol. The van der Waals surface area contributed by atoms with Gasteiger partial charge in [0.15, 0.2) is 0 Å². The van der Waals surface area contributed by atoms with Crippen LogP contribution in [-0.2, 0) is 0 Å². The van der Waals surface area contributed by atoms with Crippen LogP contribution in [0, 0.1) is 16.7 Å². The van der Waals surface area contributed by atoms with Crippen LogP contribution in [0.1, 0.15) is 51.8 Å². The molecule has 0 unspecified atom stereocenters. The summed E-state index contributed by atoms with van der Waals surface area (Å²) >= 11 is 0. The number of β-amino-alcohol motifs (C(OH)–C–C–N with tert-alkyl or cyclic N) is 1. The van der Waals surface area contributed by atoms with Gasteiger partial charge in [0, 0.05) is 17.5 Å². The maximum absolute atomic E-state index is 10.6. The van der Waals surface area contributed by atoms with Gasteiger partial charge in [-0.3, -0.25) is 5.10 Å². The molecule has 0 saturated heterocycles. The van der Waals surface area contributed by atoms with Gasteiger partial charge in [0.05, 0.1) is 29.5 Å². The van der Waals surface area contributed by atoms with Crippen molar-refractivity contribution in [2.75, 3.05) is 6.54 Å². The van der Waals surface area contributed by atoms with E-state index >= 15 is 0 Å². The van der Waals surface area contributed by atoms with Crippen LogP contribution in [0.2, 0.25) is 0 Å². The SMILES string of the molecule is CC(C)(C)C(C)(C)NC[C@H](O)c1cc(C#N)cc2[nH]ncc12. The molecule has 0 saturated carbocycles. The standard InChI is InChI=1S/C17H24N4O/c1-16(2,3)17(4,5)19-10-15(22)12-6-11(8-18)7-14-13(12)9-20-21-14/h6-7,9,15,19,22H,10H2,1-5H3,(H,20,21)/t15-/m0/s1. The number of nitriles is 1. The molecule has 0 fully saturated rings. The number of nitrogens with zero attached hydrogens (tertiary/aromatic N) is 2. The summed E-state index contributed by atoms with van der Waals surface area (Å²) in [5, 5.41) is 30.8. The molecule has 1 aromatic carbocycles. The molecule has 2 rings (SSSR count). The van der Waals surface area contributed by atoms with Crippen molar-refractivity contribution >= 4 is 10.9 Å². The van der Waals surface area contributed by atoms with Gasteiger partial charge in [0.1, 0.15) is 0 Å². The lowest BCUT2D eigenvalue weighted by Crippen LogP contribution is -2.51. The third-order valence-electron chi connectivity index (χ3n) is 4.69. The fourth-order valence-corrected chi connectivity index (χ4v) is 2.15. The van der Waals surface area contributed by atoms with Crippen LogP contribution in [0.3, 0.4) is 0 Å². The number of aromatic nitrogens is 2. The first-order chi connectivity index (χ1) is 10.2. The number of rotatable bonds is 4. The second-order valence-electron chi connectivity index (χ2n) is 7.28. The zero-order valence-electron chi connectivity index (χ0n) is 13.9. The second-order valence-corrected chi connectivity index (χ2v) is 7.28. The summed E-state index contributed by atoms with van der Waals surface area (Å²) in [6, 6.07) is 5.59. The van der Waals surface area contributed by atoms with Gasteiger partial charge in [0.25, 0.3) is 0 Å². The molecule has 1 aromatic heterocycles. The number of hydrogen-bond acceptors (Lipinski definition) is 4. The van der Waals surface area contributed by atoms with Crippen LogP contribution in [0.15, 0.2) is 18.3 Å². The van der Waals surface area contributed by atoms with E-state index in [-0.39, 0.29) is 11.0 Å². The summed E-state index contributed by atoms with van der Waals surface area (Å²) in [5.41, 5.74) is 1.94. The van der Waals surface area contributed by atoms with Gasteiger partial charge < -0.3 is 10.4 Å². The molecule has 0 amide bonds. The molecule has 3 N–H and O–H groups in total. The number of aromatic amines is 1. The van der Waals surface area contributed by atoms with Crippen LogP contribution < -0.4 is 5.32 Å². The van der Waals surface area contributed by atoms with Gasteiger partial charge in [-0.1, -0.05) is 20.8 Å². The van der Waals surface area contributed by atoms with E-state index in [1.807, 2.05) is 0 Å². The molecule has 5 nitrogen and oxygen atoms in total. The van der Waals surface area contributed by atoms with Crippen LogP contribution in [0.4, 0.5) is 0 Å². The Labute approximate surface area is 131 Å². The third-order valence-corrected chi connectivity index (χ3v) is 4.69. The molecule has 2 aromatic rings. The third kappa shape index (κ3) is 3.13. The lowest BCUT2D eigenvalue weighted by atomic mass is 9.76. The molecule has 0 spiro atoms. The van der Waals surface area contributed by atoms with Gasteiger partial charge >= 0.3 is 0 Å². The van der Waals surface area contributed by atoms with Crippen molar-refractivity contribution in [3.8, 4) is 6.07 Å². The number of aliphatic hydroxyl groups excluding tert-OH is 1. The normalized spacial score (nSPS) is 14.0. The molecule has 0 radical (unpaired) electrons. The van der Waals surface area contributed by atoms with Gasteiger partial charge in [-0.05, 0) is 37.0 Å². The molecule has 0 aliphatic carbocycles. The van der Waals surface area contributed by atoms with Gasteiger partial charge in [-0.25, -0.2) is 0 Å². The molecule has 0 aliphatic heterocycles. The fourth-order valence-electron chi connectivity index (χ4n) is 2.15. The Bertz CT molecular complexity index is 703. The van der Waals surface area contributed by atoms with Crippen molar-refractivity contribution < 1.29 is 5.11 Å². The first kappa shape index (κ1) is 16.5. The van der Waals surface area contributed by atoms with Crippen LogP contribution >= 0.6 is 0 Å². The monoisotopic (exact) mass is 300 g/mol. The summed E-state index contributed by atoms with van der Waals surface area (Å²) in [7, 11) is 0. The highest BCUT2D eigenvalue weighted by molar-refractivity contribution is 5.83. The van der Waals surface area contributed by atoms with E-state index in [1.54, 1.807) is 18.3 Å². The second kappa shape index (κ2) is 5.71. The molecular weight excluding hydrogens is 276 g/mol. The summed E-state index contributed by atoms with van der Waals surface area (Å²) in [5.74, 6) is 0.